The van der Waals surface area contributed by atoms with Gasteiger partial charge in [0.2, 0.25) is 0 Å². The molecule has 1 saturated heterocycles. The van der Waals surface area contributed by atoms with E-state index in [-0.39, 0.29) is 5.91 Å². The summed E-state index contributed by atoms with van der Waals surface area (Å²) in [5, 5.41) is 3.03. The van der Waals surface area contributed by atoms with E-state index in [1.807, 2.05) is 24.3 Å². The normalized spacial score (nSPS) is 15.0. The average molecular weight is 414 g/mol. The number of nitrogens with zero attached hydrogens (tertiary/aromatic N) is 2. The van der Waals surface area contributed by atoms with E-state index >= 15 is 0 Å². The number of aryl methyl sites for hydroxylation is 1. The van der Waals surface area contributed by atoms with E-state index in [0.717, 1.165) is 44.8 Å². The fourth-order valence-electron chi connectivity index (χ4n) is 4.05. The van der Waals surface area contributed by atoms with Gasteiger partial charge in [0.1, 0.15) is 0 Å². The summed E-state index contributed by atoms with van der Waals surface area (Å²) in [5.74, 6) is -0.0238. The van der Waals surface area contributed by atoms with Crippen LogP contribution in [-0.4, -0.2) is 41.9 Å². The summed E-state index contributed by atoms with van der Waals surface area (Å²) in [6, 6.07) is 26.9. The second-order valence-corrected chi connectivity index (χ2v) is 8.34. The van der Waals surface area contributed by atoms with Gasteiger partial charge in [-0.05, 0) is 41.3 Å². The smallest absolute Gasteiger partial charge is 0.251 e. The summed E-state index contributed by atoms with van der Waals surface area (Å²) >= 11 is 0. The van der Waals surface area contributed by atoms with Crippen molar-refractivity contribution >= 4 is 5.91 Å². The molecule has 1 aliphatic rings. The van der Waals surface area contributed by atoms with Gasteiger partial charge in [-0.3, -0.25) is 14.6 Å². The molecule has 1 N–H and O–H groups in total. The van der Waals surface area contributed by atoms with Crippen LogP contribution >= 0.6 is 0 Å². The van der Waals surface area contributed by atoms with Crippen molar-refractivity contribution in [3.05, 3.63) is 107 Å². The Hall–Kier alpha value is -2.95. The predicted molar refractivity (Wildman–Crippen MR) is 126 cm³/mol. The Labute approximate surface area is 185 Å². The summed E-state index contributed by atoms with van der Waals surface area (Å²) in [6.07, 6.45) is 0. The highest BCUT2D eigenvalue weighted by Gasteiger charge is 2.17. The Balaban J connectivity index is 1.23. The lowest BCUT2D eigenvalue weighted by Gasteiger charge is -2.34. The van der Waals surface area contributed by atoms with E-state index in [1.54, 1.807) is 0 Å². The largest absolute Gasteiger partial charge is 0.348 e. The summed E-state index contributed by atoms with van der Waals surface area (Å²) in [6.45, 7) is 8.92. The van der Waals surface area contributed by atoms with Crippen LogP contribution in [-0.2, 0) is 19.6 Å². The maximum Gasteiger partial charge on any atom is 0.251 e. The van der Waals surface area contributed by atoms with Gasteiger partial charge in [-0.25, -0.2) is 0 Å². The van der Waals surface area contributed by atoms with Crippen molar-refractivity contribution < 1.29 is 4.79 Å². The van der Waals surface area contributed by atoms with Crippen LogP contribution in [0.3, 0.4) is 0 Å². The number of amides is 1. The van der Waals surface area contributed by atoms with Crippen LogP contribution in [0.15, 0.2) is 78.9 Å². The van der Waals surface area contributed by atoms with Gasteiger partial charge in [-0.2, -0.15) is 0 Å². The number of piperazine rings is 1. The standard InChI is InChI=1S/C27H31N3O/c1-22-7-5-6-10-26(22)19-28-27(31)25-13-11-24(12-14-25)21-30-17-15-29(16-18-30)20-23-8-3-2-4-9-23/h2-14H,15-21H2,1H3,(H,28,31). The number of hydrogen-bond donors (Lipinski definition) is 1. The third kappa shape index (κ3) is 6.03. The van der Waals surface area contributed by atoms with Crippen LogP contribution in [0.4, 0.5) is 0 Å². The predicted octanol–water partition coefficient (Wildman–Crippen LogP) is 4.24. The fourth-order valence-corrected chi connectivity index (χ4v) is 4.05. The van der Waals surface area contributed by atoms with Gasteiger partial charge >= 0.3 is 0 Å². The molecule has 0 unspecified atom stereocenters. The van der Waals surface area contributed by atoms with Crippen molar-refractivity contribution in [3.8, 4) is 0 Å². The number of nitrogens with one attached hydrogen (secondary N) is 1. The topological polar surface area (TPSA) is 35.6 Å². The third-order valence-corrected chi connectivity index (χ3v) is 6.04. The first-order valence-electron chi connectivity index (χ1n) is 11.1. The van der Waals surface area contributed by atoms with Crippen molar-refractivity contribution in [2.75, 3.05) is 26.2 Å². The summed E-state index contributed by atoms with van der Waals surface area (Å²) in [5.41, 5.74) is 5.70. The Morgan fingerprint density at radius 3 is 1.90 bits per heavy atom. The van der Waals surface area contributed by atoms with Crippen LogP contribution in [0.2, 0.25) is 0 Å². The molecule has 1 fully saturated rings. The van der Waals surface area contributed by atoms with Gasteiger partial charge in [-0.1, -0.05) is 66.7 Å². The van der Waals surface area contributed by atoms with Crippen LogP contribution < -0.4 is 5.32 Å². The molecule has 160 valence electrons. The van der Waals surface area contributed by atoms with E-state index in [4.69, 9.17) is 0 Å². The maximum atomic E-state index is 12.5. The molecule has 1 amide bonds. The quantitative estimate of drug-likeness (QED) is 0.629. The monoisotopic (exact) mass is 413 g/mol. The first-order chi connectivity index (χ1) is 15.2. The molecule has 4 heteroatoms. The Kier molecular flexibility index (Phi) is 7.13. The minimum Gasteiger partial charge on any atom is -0.348 e. The highest BCUT2D eigenvalue weighted by Crippen LogP contribution is 2.13. The molecule has 3 aromatic rings. The van der Waals surface area contributed by atoms with Gasteiger partial charge in [0.05, 0.1) is 0 Å². The molecule has 0 spiro atoms. The zero-order valence-electron chi connectivity index (χ0n) is 18.3. The molecule has 0 radical (unpaired) electrons. The van der Waals surface area contributed by atoms with Gasteiger partial charge in [-0.15, -0.1) is 0 Å². The van der Waals surface area contributed by atoms with E-state index in [0.29, 0.717) is 12.1 Å². The second kappa shape index (κ2) is 10.4. The zero-order valence-corrected chi connectivity index (χ0v) is 18.3. The van der Waals surface area contributed by atoms with Crippen molar-refractivity contribution in [2.24, 2.45) is 0 Å². The van der Waals surface area contributed by atoms with Crippen molar-refractivity contribution in [1.29, 1.82) is 0 Å². The molecule has 1 heterocycles. The van der Waals surface area contributed by atoms with Gasteiger partial charge in [0.25, 0.3) is 5.91 Å². The molecule has 1 aliphatic heterocycles. The molecule has 0 bridgehead atoms. The molecule has 3 aromatic carbocycles. The molecule has 0 aromatic heterocycles. The van der Waals surface area contributed by atoms with E-state index in [1.165, 1.54) is 16.7 Å². The van der Waals surface area contributed by atoms with Crippen LogP contribution in [0.5, 0.6) is 0 Å². The Morgan fingerprint density at radius 2 is 1.29 bits per heavy atom. The van der Waals surface area contributed by atoms with Crippen LogP contribution in [0, 0.1) is 6.92 Å². The molecular weight excluding hydrogens is 382 g/mol. The Bertz CT molecular complexity index is 977. The summed E-state index contributed by atoms with van der Waals surface area (Å²) in [4.78, 5) is 17.5. The molecule has 31 heavy (non-hydrogen) atoms. The van der Waals surface area contributed by atoms with Crippen molar-refractivity contribution in [1.82, 2.24) is 15.1 Å². The summed E-state index contributed by atoms with van der Waals surface area (Å²) < 4.78 is 0. The van der Waals surface area contributed by atoms with E-state index in [2.05, 4.69) is 76.6 Å². The highest BCUT2D eigenvalue weighted by atomic mass is 16.1. The third-order valence-electron chi connectivity index (χ3n) is 6.04. The number of carbonyl (C=O) groups is 1. The van der Waals surface area contributed by atoms with Crippen molar-refractivity contribution in [3.63, 3.8) is 0 Å². The van der Waals surface area contributed by atoms with Gasteiger partial charge in [0.15, 0.2) is 0 Å². The van der Waals surface area contributed by atoms with Crippen LogP contribution in [0.25, 0.3) is 0 Å². The average Bonchev–Trinajstić information content (AvgIpc) is 2.81. The molecule has 4 rings (SSSR count). The van der Waals surface area contributed by atoms with E-state index < -0.39 is 0 Å². The van der Waals surface area contributed by atoms with Crippen LogP contribution in [0.1, 0.15) is 32.6 Å². The highest BCUT2D eigenvalue weighted by molar-refractivity contribution is 5.94. The zero-order chi connectivity index (χ0) is 21.5. The Morgan fingerprint density at radius 1 is 0.742 bits per heavy atom. The maximum absolute atomic E-state index is 12.5. The minimum atomic E-state index is -0.0238. The number of carbonyl (C=O) groups excluding carboxylic acids is 1. The molecule has 4 nitrogen and oxygen atoms in total. The lowest BCUT2D eigenvalue weighted by Crippen LogP contribution is -2.45. The number of benzene rings is 3. The molecule has 0 aliphatic carbocycles. The van der Waals surface area contributed by atoms with Gasteiger partial charge < -0.3 is 5.32 Å². The first kappa shape index (κ1) is 21.3. The van der Waals surface area contributed by atoms with Gasteiger partial charge in [0, 0.05) is 51.4 Å². The fraction of sp³-hybridized carbons (Fsp3) is 0.296. The van der Waals surface area contributed by atoms with Crippen molar-refractivity contribution in [2.45, 2.75) is 26.6 Å². The summed E-state index contributed by atoms with van der Waals surface area (Å²) in [7, 11) is 0. The number of hydrogen-bond acceptors (Lipinski definition) is 3. The second-order valence-electron chi connectivity index (χ2n) is 8.34. The van der Waals surface area contributed by atoms with E-state index in [9.17, 15) is 4.79 Å². The first-order valence-corrected chi connectivity index (χ1v) is 11.1. The molecule has 0 saturated carbocycles. The molecular formula is C27H31N3O. The molecule has 0 atom stereocenters. The minimum absolute atomic E-state index is 0.0238. The lowest BCUT2D eigenvalue weighted by atomic mass is 10.1. The number of rotatable bonds is 7. The SMILES string of the molecule is Cc1ccccc1CNC(=O)c1ccc(CN2CCN(Cc3ccccc3)CC2)cc1. The lowest BCUT2D eigenvalue weighted by molar-refractivity contribution is 0.0951.